The fourth-order valence-electron chi connectivity index (χ4n) is 3.15. The highest BCUT2D eigenvalue weighted by molar-refractivity contribution is 5.40. The maximum absolute atomic E-state index is 8.37. The molecule has 146 valence electrons. The van der Waals surface area contributed by atoms with Crippen LogP contribution in [0.15, 0.2) is 29.4 Å². The highest BCUT2D eigenvalue weighted by Gasteiger charge is 1.96. The normalized spacial score (nSPS) is 10.5. The molecule has 0 heterocycles. The van der Waals surface area contributed by atoms with Crippen LogP contribution in [0.2, 0.25) is 0 Å². The Morgan fingerprint density at radius 1 is 0.731 bits per heavy atom. The van der Waals surface area contributed by atoms with Crippen molar-refractivity contribution in [1.29, 1.82) is 0 Å². The van der Waals surface area contributed by atoms with Crippen LogP contribution in [0.1, 0.15) is 96.8 Å². The summed E-state index contributed by atoms with van der Waals surface area (Å²) in [6.45, 7) is 3.04. The molecule has 0 unspecified atom stereocenters. The van der Waals surface area contributed by atoms with Gasteiger partial charge in [-0.15, -0.1) is 0 Å². The van der Waals surface area contributed by atoms with E-state index in [0.29, 0.717) is 5.69 Å². The van der Waals surface area contributed by atoms with Crippen molar-refractivity contribution >= 4 is 5.69 Å². The van der Waals surface area contributed by atoms with Crippen molar-refractivity contribution in [1.82, 2.24) is 0 Å². The Bertz CT molecular complexity index is 481. The van der Waals surface area contributed by atoms with Gasteiger partial charge in [0, 0.05) is 10.6 Å². The lowest BCUT2D eigenvalue weighted by molar-refractivity contribution is 0.304. The number of ether oxygens (including phenoxy) is 1. The molecule has 0 amide bonds. The largest absolute Gasteiger partial charge is 0.494 e. The molecular formula is C22H37N3O. The van der Waals surface area contributed by atoms with Gasteiger partial charge in [-0.05, 0) is 36.2 Å². The van der Waals surface area contributed by atoms with Crippen molar-refractivity contribution in [2.45, 2.75) is 96.8 Å². The van der Waals surface area contributed by atoms with Crippen molar-refractivity contribution in [3.8, 4) is 5.75 Å². The van der Waals surface area contributed by atoms with E-state index in [-0.39, 0.29) is 0 Å². The molecule has 0 radical (unpaired) electrons. The van der Waals surface area contributed by atoms with Gasteiger partial charge in [-0.2, -0.15) is 0 Å². The third-order valence-electron chi connectivity index (χ3n) is 4.76. The topological polar surface area (TPSA) is 58.0 Å². The number of hydrogen-bond donors (Lipinski definition) is 0. The van der Waals surface area contributed by atoms with Crippen LogP contribution in [-0.2, 0) is 0 Å². The molecule has 0 atom stereocenters. The molecule has 0 saturated carbocycles. The first-order valence-corrected chi connectivity index (χ1v) is 10.6. The Morgan fingerprint density at radius 2 is 1.19 bits per heavy atom. The quantitative estimate of drug-likeness (QED) is 0.119. The molecule has 0 saturated heterocycles. The van der Waals surface area contributed by atoms with Gasteiger partial charge in [0.05, 0.1) is 6.61 Å². The van der Waals surface area contributed by atoms with Gasteiger partial charge in [0.25, 0.3) is 0 Å². The van der Waals surface area contributed by atoms with E-state index in [4.69, 9.17) is 10.3 Å². The van der Waals surface area contributed by atoms with E-state index < -0.39 is 0 Å². The molecule has 0 aromatic heterocycles. The lowest BCUT2D eigenvalue weighted by Gasteiger charge is -2.06. The van der Waals surface area contributed by atoms with Gasteiger partial charge < -0.3 is 4.74 Å². The molecule has 0 aliphatic heterocycles. The summed E-state index contributed by atoms with van der Waals surface area (Å²) in [4.78, 5) is 2.76. The van der Waals surface area contributed by atoms with Gasteiger partial charge in [-0.25, -0.2) is 0 Å². The van der Waals surface area contributed by atoms with Crippen LogP contribution in [0.5, 0.6) is 5.75 Å². The lowest BCUT2D eigenvalue weighted by Crippen LogP contribution is -1.96. The zero-order valence-electron chi connectivity index (χ0n) is 16.7. The Morgan fingerprint density at radius 3 is 1.65 bits per heavy atom. The molecule has 1 aromatic carbocycles. The predicted octanol–water partition coefficient (Wildman–Crippen LogP) is 8.49. The van der Waals surface area contributed by atoms with E-state index in [2.05, 4.69) is 16.9 Å². The summed E-state index contributed by atoms with van der Waals surface area (Å²) in [7, 11) is 0. The zero-order chi connectivity index (χ0) is 18.7. The molecule has 1 aromatic rings. The Hall–Kier alpha value is -1.67. The average Bonchev–Trinajstić information content (AvgIpc) is 2.66. The molecule has 0 aliphatic carbocycles. The van der Waals surface area contributed by atoms with Crippen LogP contribution in [0.3, 0.4) is 0 Å². The van der Waals surface area contributed by atoms with Crippen LogP contribution in [0, 0.1) is 0 Å². The molecule has 4 heteroatoms. The van der Waals surface area contributed by atoms with Gasteiger partial charge in [-0.1, -0.05) is 95.5 Å². The summed E-state index contributed by atoms with van der Waals surface area (Å²) >= 11 is 0. The molecule has 4 nitrogen and oxygen atoms in total. The van der Waals surface area contributed by atoms with Gasteiger partial charge >= 0.3 is 0 Å². The summed E-state index contributed by atoms with van der Waals surface area (Å²) in [6, 6.07) is 7.27. The van der Waals surface area contributed by atoms with Crippen molar-refractivity contribution < 1.29 is 4.74 Å². The first-order chi connectivity index (χ1) is 12.9. The predicted molar refractivity (Wildman–Crippen MR) is 111 cm³/mol. The second-order valence-corrected chi connectivity index (χ2v) is 7.13. The van der Waals surface area contributed by atoms with E-state index in [1.165, 1.54) is 83.5 Å². The smallest absolute Gasteiger partial charge is 0.119 e. The Labute approximate surface area is 160 Å². The van der Waals surface area contributed by atoms with E-state index in [1.54, 1.807) is 12.1 Å². The van der Waals surface area contributed by atoms with Crippen LogP contribution >= 0.6 is 0 Å². The minimum absolute atomic E-state index is 0.622. The molecule has 0 spiro atoms. The maximum Gasteiger partial charge on any atom is 0.119 e. The maximum atomic E-state index is 8.37. The van der Waals surface area contributed by atoms with Gasteiger partial charge in [0.1, 0.15) is 5.75 Å². The number of unbranched alkanes of at least 4 members (excludes halogenated alkanes) is 13. The van der Waals surface area contributed by atoms with E-state index >= 15 is 0 Å². The highest BCUT2D eigenvalue weighted by atomic mass is 16.5. The summed E-state index contributed by atoms with van der Waals surface area (Å²) in [6.07, 6.45) is 19.2. The van der Waals surface area contributed by atoms with Crippen LogP contribution < -0.4 is 4.74 Å². The van der Waals surface area contributed by atoms with Gasteiger partial charge in [0.15, 0.2) is 0 Å². The summed E-state index contributed by atoms with van der Waals surface area (Å²) in [5.41, 5.74) is 8.99. The minimum Gasteiger partial charge on any atom is -0.494 e. The summed E-state index contributed by atoms with van der Waals surface area (Å²) < 4.78 is 5.71. The van der Waals surface area contributed by atoms with Crippen LogP contribution in [-0.4, -0.2) is 6.61 Å². The molecule has 26 heavy (non-hydrogen) atoms. The number of hydrogen-bond acceptors (Lipinski definition) is 2. The minimum atomic E-state index is 0.622. The first-order valence-electron chi connectivity index (χ1n) is 10.6. The highest BCUT2D eigenvalue weighted by Crippen LogP contribution is 2.18. The fraction of sp³-hybridized carbons (Fsp3) is 0.727. The van der Waals surface area contributed by atoms with Gasteiger partial charge in [0.2, 0.25) is 0 Å². The Kier molecular flexibility index (Phi) is 14.4. The molecule has 0 N–H and O–H groups in total. The van der Waals surface area contributed by atoms with Crippen molar-refractivity contribution in [2.24, 2.45) is 5.11 Å². The zero-order valence-corrected chi connectivity index (χ0v) is 16.7. The van der Waals surface area contributed by atoms with Crippen molar-refractivity contribution in [2.75, 3.05) is 6.61 Å². The molecule has 0 fully saturated rings. The summed E-state index contributed by atoms with van der Waals surface area (Å²) in [5, 5.41) is 3.55. The van der Waals surface area contributed by atoms with Crippen molar-refractivity contribution in [3.63, 3.8) is 0 Å². The standard InChI is InChI=1S/C22H37N3O/c1-2-3-4-5-6-7-8-9-10-11-12-13-14-15-20-26-22-18-16-21(17-19-22)24-25-23/h16-19H,2-15,20H2,1H3. The Balaban J connectivity index is 1.82. The van der Waals surface area contributed by atoms with E-state index in [0.717, 1.165) is 18.8 Å². The summed E-state index contributed by atoms with van der Waals surface area (Å²) in [5.74, 6) is 0.844. The number of nitrogens with zero attached hydrogens (tertiary/aromatic N) is 3. The molecule has 1 rings (SSSR count). The van der Waals surface area contributed by atoms with E-state index in [1.807, 2.05) is 12.1 Å². The molecule has 0 aliphatic rings. The van der Waals surface area contributed by atoms with Crippen LogP contribution in [0.25, 0.3) is 10.4 Å². The number of rotatable bonds is 17. The average molecular weight is 360 g/mol. The van der Waals surface area contributed by atoms with Crippen molar-refractivity contribution in [3.05, 3.63) is 34.7 Å². The third kappa shape index (κ3) is 12.7. The monoisotopic (exact) mass is 359 g/mol. The molecule has 0 bridgehead atoms. The first kappa shape index (κ1) is 22.4. The van der Waals surface area contributed by atoms with Crippen LogP contribution in [0.4, 0.5) is 5.69 Å². The fourth-order valence-corrected chi connectivity index (χ4v) is 3.15. The van der Waals surface area contributed by atoms with Gasteiger partial charge in [-0.3, -0.25) is 0 Å². The second kappa shape index (κ2) is 16.8. The number of azide groups is 1. The lowest BCUT2D eigenvalue weighted by atomic mass is 10.0. The third-order valence-corrected chi connectivity index (χ3v) is 4.76. The number of benzene rings is 1. The molecular weight excluding hydrogens is 322 g/mol. The SMILES string of the molecule is CCCCCCCCCCCCCCCCOc1ccc(N=[N+]=[N-])cc1. The van der Waals surface area contributed by atoms with E-state index in [9.17, 15) is 0 Å². The second-order valence-electron chi connectivity index (χ2n) is 7.13.